The van der Waals surface area contributed by atoms with Crippen molar-refractivity contribution in [2.45, 2.75) is 254 Å². The molecule has 0 aliphatic heterocycles. The van der Waals surface area contributed by atoms with Crippen LogP contribution in [0.3, 0.4) is 0 Å². The molecule has 110 heavy (non-hydrogen) atoms. The molecule has 0 spiro atoms. The van der Waals surface area contributed by atoms with Gasteiger partial charge in [-0.2, -0.15) is 11.8 Å². The Morgan fingerprint density at radius 1 is 0.345 bits per heavy atom. The molecule has 0 saturated carbocycles. The highest BCUT2D eigenvalue weighted by Crippen LogP contribution is 2.20. The molecule has 12 amide bonds. The lowest BCUT2D eigenvalue weighted by Crippen LogP contribution is -2.63. The van der Waals surface area contributed by atoms with E-state index in [4.69, 9.17) is 5.73 Å². The van der Waals surface area contributed by atoms with E-state index in [2.05, 4.69) is 63.8 Å². The van der Waals surface area contributed by atoms with Gasteiger partial charge in [0.25, 0.3) is 0 Å². The quantitative estimate of drug-likeness (QED) is 0.0374. The summed E-state index contributed by atoms with van der Waals surface area (Å²) in [5.41, 5.74) is 7.75. The number of carboxylic acids is 1. The minimum atomic E-state index is -1.49. The maximum atomic E-state index is 15.1. The monoisotopic (exact) mass is 1560 g/mol. The normalized spacial score (nSPS) is 15.9. The molecule has 0 radical (unpaired) electrons. The summed E-state index contributed by atoms with van der Waals surface area (Å²) >= 11 is 1.52. The predicted octanol–water partition coefficient (Wildman–Crippen LogP) is 4.33. The SMILES string of the molecule is CC[C@H](C)[C@H](NC(=O)[C@@H](NC(=O)[C@@H](NC(=O)[C@H](Cc1ccccc1)NC(=O)[C@H](CC(C)C)NC(=O)[C@H](Cc1ccc(O)cc1)NC(=O)[C@H](CC(C)C)NC(=O)[C@H](Cc1ccc(O)cc1)NC(=O)[C@@H](NC(=O)[C@@H](NC(=O)[C@@H](N)CCSC)[C@@H](C)CC)[C@@H](C)CC)C(C)C)C(C)C)C(=O)N[C@H](C(=O)N[C@@H](C)C(=O)O)C(C)C. The number of carbonyl (C=O) groups is 13. The molecular weight excluding hydrogens is 1430 g/mol. The molecule has 3 aromatic carbocycles. The zero-order valence-corrected chi connectivity index (χ0v) is 68.2. The first kappa shape index (κ1) is 94.9. The summed E-state index contributed by atoms with van der Waals surface area (Å²) in [7, 11) is 0. The average Bonchev–Trinajstić information content (AvgIpc) is 0.838. The van der Waals surface area contributed by atoms with Crippen molar-refractivity contribution in [2.75, 3.05) is 12.0 Å². The van der Waals surface area contributed by atoms with Gasteiger partial charge in [0.1, 0.15) is 84.0 Å². The molecule has 3 aromatic rings. The Bertz CT molecular complexity index is 3510. The second kappa shape index (κ2) is 47.0. The third kappa shape index (κ3) is 31.6. The maximum Gasteiger partial charge on any atom is 0.325 e. The molecule has 612 valence electrons. The number of carbonyl (C=O) groups excluding carboxylic acids is 12. The van der Waals surface area contributed by atoms with E-state index < -0.39 is 185 Å². The van der Waals surface area contributed by atoms with Gasteiger partial charge in [-0.3, -0.25) is 62.3 Å². The molecule has 0 aromatic heterocycles. The lowest BCUT2D eigenvalue weighted by Gasteiger charge is -2.32. The molecule has 3 rings (SSSR count). The van der Waals surface area contributed by atoms with Crippen molar-refractivity contribution >= 4 is 88.6 Å². The summed E-state index contributed by atoms with van der Waals surface area (Å²) < 4.78 is 0. The van der Waals surface area contributed by atoms with Crippen LogP contribution in [0.2, 0.25) is 0 Å². The second-order valence-corrected chi connectivity index (χ2v) is 31.7. The molecule has 0 aliphatic carbocycles. The molecule has 29 nitrogen and oxygen atoms in total. The molecule has 0 heterocycles. The highest BCUT2D eigenvalue weighted by Gasteiger charge is 2.41. The van der Waals surface area contributed by atoms with E-state index in [1.807, 2.05) is 20.1 Å². The van der Waals surface area contributed by atoms with Gasteiger partial charge in [-0.05, 0) is 126 Å². The molecule has 0 aliphatic rings. The van der Waals surface area contributed by atoms with E-state index in [1.54, 1.807) is 139 Å². The average molecular weight is 1560 g/mol. The maximum absolute atomic E-state index is 15.1. The zero-order chi connectivity index (χ0) is 83.0. The fraction of sp³-hybridized carbons (Fsp3) is 0.613. The first-order valence-electron chi connectivity index (χ1n) is 38.4. The number of hydrogen-bond donors (Lipinski definition) is 16. The van der Waals surface area contributed by atoms with Crippen LogP contribution in [0.4, 0.5) is 0 Å². The third-order valence-electron chi connectivity index (χ3n) is 19.4. The lowest BCUT2D eigenvalue weighted by atomic mass is 9.94. The van der Waals surface area contributed by atoms with Crippen molar-refractivity contribution in [1.29, 1.82) is 0 Å². The summed E-state index contributed by atoms with van der Waals surface area (Å²) in [5, 5.41) is 63.0. The molecule has 0 saturated heterocycles. The van der Waals surface area contributed by atoms with Crippen LogP contribution < -0.4 is 69.5 Å². The van der Waals surface area contributed by atoms with Crippen molar-refractivity contribution in [1.82, 2.24) is 63.8 Å². The molecule has 0 bridgehead atoms. The number of hydrogen-bond acceptors (Lipinski definition) is 17. The van der Waals surface area contributed by atoms with Gasteiger partial charge in [-0.15, -0.1) is 0 Å². The molecule has 17 N–H and O–H groups in total. The summed E-state index contributed by atoms with van der Waals surface area (Å²) in [6, 6.07) is 3.85. The molecular formula is C80H125N13O16S. The van der Waals surface area contributed by atoms with E-state index >= 15 is 14.4 Å². The molecule has 0 fully saturated rings. The summed E-state index contributed by atoms with van der Waals surface area (Å²) in [6.45, 7) is 29.2. The van der Waals surface area contributed by atoms with Gasteiger partial charge in [0.05, 0.1) is 6.04 Å². The Kier molecular flexibility index (Phi) is 40.6. The predicted molar refractivity (Wildman–Crippen MR) is 423 cm³/mol. The van der Waals surface area contributed by atoms with E-state index in [9.17, 15) is 63.3 Å². The van der Waals surface area contributed by atoms with Gasteiger partial charge in [-0.1, -0.05) is 185 Å². The van der Waals surface area contributed by atoms with Gasteiger partial charge < -0.3 is 84.9 Å². The Labute approximate surface area is 653 Å². The number of aliphatic carboxylic acids is 1. The van der Waals surface area contributed by atoms with Crippen LogP contribution in [0, 0.1) is 47.3 Å². The number of phenolic OH excluding ortho intramolecular Hbond substituents is 2. The summed E-state index contributed by atoms with van der Waals surface area (Å²) in [6.07, 6.45) is 3.01. The molecule has 0 unspecified atom stereocenters. The van der Waals surface area contributed by atoms with Crippen LogP contribution in [-0.4, -0.2) is 183 Å². The van der Waals surface area contributed by atoms with Crippen LogP contribution in [0.25, 0.3) is 0 Å². The van der Waals surface area contributed by atoms with Gasteiger partial charge in [0, 0.05) is 19.3 Å². The number of amides is 12. The minimum absolute atomic E-state index is 0.00198. The summed E-state index contributed by atoms with van der Waals surface area (Å²) in [4.78, 5) is 185. The summed E-state index contributed by atoms with van der Waals surface area (Å²) in [5.74, 6) is -13.6. The number of rotatable bonds is 47. The Hall–Kier alpha value is -9.32. The van der Waals surface area contributed by atoms with Gasteiger partial charge in [0.15, 0.2) is 0 Å². The topological polar surface area (TPSA) is 453 Å². The zero-order valence-electron chi connectivity index (χ0n) is 67.3. The lowest BCUT2D eigenvalue weighted by molar-refractivity contribution is -0.142. The fourth-order valence-electron chi connectivity index (χ4n) is 11.9. The van der Waals surface area contributed by atoms with Crippen LogP contribution in [0.15, 0.2) is 78.9 Å². The molecule has 16 atom stereocenters. The van der Waals surface area contributed by atoms with Crippen molar-refractivity contribution in [3.8, 4) is 11.5 Å². The highest BCUT2D eigenvalue weighted by atomic mass is 32.2. The standard InChI is InChI=1S/C80H125N13O16S/c1-19-47(14)65(93-79(107)66(48(15)20-2)91-68(96)56(81)35-36-110-18)77(105)87-60(41-53-29-33-55(95)34-30-53)72(100)84-57(37-42(4)5)69(97)85-59(40-52-27-31-54(94)32-28-52)71(99)83-58(38-43(6)7)70(98)86-61(39-51-25-23-22-24-26-51)73(101)88-63(45(10)11)75(103)89-64(46(12)13)76(104)92-67(49(16)21-3)78(106)90-62(44(8)9)74(102)82-50(17)80(108)109/h22-34,42-50,56-67,94-95H,19-21,35-41,81H2,1-18H3,(H,82,102)(H,83,99)(H,84,100)(H,85,97)(H,86,98)(H,87,105)(H,88,101)(H,89,103)(H,90,106)(H,91,96)(H,92,104)(H,93,107)(H,108,109)/t47-,48-,49-,50-,56-,57-,58-,59-,60-,61-,62-,63-,64-,65-,66-,67-/m0/s1. The van der Waals surface area contributed by atoms with E-state index in [0.717, 1.165) is 0 Å². The Morgan fingerprint density at radius 3 is 0.927 bits per heavy atom. The number of carboxylic acid groups (broad SMARTS) is 1. The van der Waals surface area contributed by atoms with Crippen molar-refractivity contribution in [3.63, 3.8) is 0 Å². The first-order valence-corrected chi connectivity index (χ1v) is 39.8. The van der Waals surface area contributed by atoms with Crippen LogP contribution in [0.1, 0.15) is 173 Å². The van der Waals surface area contributed by atoms with Crippen molar-refractivity contribution in [3.05, 3.63) is 95.6 Å². The fourth-order valence-corrected chi connectivity index (χ4v) is 12.4. The van der Waals surface area contributed by atoms with Crippen LogP contribution in [-0.2, 0) is 81.6 Å². The smallest absolute Gasteiger partial charge is 0.325 e. The second-order valence-electron chi connectivity index (χ2n) is 30.8. The number of benzene rings is 3. The van der Waals surface area contributed by atoms with Gasteiger partial charge >= 0.3 is 5.97 Å². The molecule has 30 heteroatoms. The van der Waals surface area contributed by atoms with E-state index in [-0.39, 0.29) is 61.4 Å². The largest absolute Gasteiger partial charge is 0.508 e. The Balaban J connectivity index is 2.05. The Morgan fingerprint density at radius 2 is 0.609 bits per heavy atom. The van der Waals surface area contributed by atoms with Crippen LogP contribution in [0.5, 0.6) is 11.5 Å². The van der Waals surface area contributed by atoms with Gasteiger partial charge in [-0.25, -0.2) is 0 Å². The number of nitrogens with two attached hydrogens (primary N) is 1. The highest BCUT2D eigenvalue weighted by molar-refractivity contribution is 7.98. The third-order valence-corrected chi connectivity index (χ3v) is 20.1. The number of thioether (sulfide) groups is 1. The number of phenols is 2. The van der Waals surface area contributed by atoms with E-state index in [1.165, 1.54) is 55.1 Å². The van der Waals surface area contributed by atoms with Gasteiger partial charge in [0.2, 0.25) is 70.9 Å². The van der Waals surface area contributed by atoms with Crippen LogP contribution >= 0.6 is 11.8 Å². The number of nitrogens with one attached hydrogen (secondary N) is 12. The first-order chi connectivity index (χ1) is 51.7. The van der Waals surface area contributed by atoms with Crippen molar-refractivity contribution in [2.24, 2.45) is 53.1 Å². The van der Waals surface area contributed by atoms with Crippen molar-refractivity contribution < 1.29 is 77.6 Å². The van der Waals surface area contributed by atoms with E-state index in [0.29, 0.717) is 48.1 Å². The minimum Gasteiger partial charge on any atom is -0.508 e. The number of aromatic hydroxyl groups is 2.